The lowest BCUT2D eigenvalue weighted by Gasteiger charge is -2.11. The number of rotatable bonds is 6. The molecule has 0 saturated carbocycles. The zero-order valence-corrected chi connectivity index (χ0v) is 10.2. The highest BCUT2D eigenvalue weighted by Gasteiger charge is 2.08. The number of ether oxygens (including phenoxy) is 2. The number of hydrogen-bond acceptors (Lipinski definition) is 4. The van der Waals surface area contributed by atoms with Gasteiger partial charge in [-0.25, -0.2) is 4.39 Å². The molecular weight excluding hydrogens is 281 g/mol. The van der Waals surface area contributed by atoms with Crippen molar-refractivity contribution in [3.63, 3.8) is 0 Å². The highest BCUT2D eigenvalue weighted by atomic mass is 79.9. The Labute approximate surface area is 101 Å². The minimum absolute atomic E-state index is 0.0254. The van der Waals surface area contributed by atoms with Crippen LogP contribution in [0.5, 0.6) is 5.75 Å². The Kier molecular flexibility index (Phi) is 5.51. The van der Waals surface area contributed by atoms with Gasteiger partial charge in [-0.3, -0.25) is 0 Å². The normalized spacial score (nSPS) is 10.4. The number of aliphatic hydroxyl groups excluding tert-OH is 1. The van der Waals surface area contributed by atoms with E-state index in [4.69, 9.17) is 20.3 Å². The second-order valence-electron chi connectivity index (χ2n) is 2.99. The van der Waals surface area contributed by atoms with Gasteiger partial charge in [-0.1, -0.05) is 0 Å². The van der Waals surface area contributed by atoms with E-state index in [0.29, 0.717) is 16.8 Å². The van der Waals surface area contributed by atoms with E-state index in [0.717, 1.165) is 0 Å². The lowest BCUT2D eigenvalue weighted by Crippen LogP contribution is -2.10. The molecule has 0 unspecified atom stereocenters. The van der Waals surface area contributed by atoms with Crippen LogP contribution in [0.3, 0.4) is 0 Å². The van der Waals surface area contributed by atoms with E-state index >= 15 is 0 Å². The minimum Gasteiger partial charge on any atom is -0.488 e. The molecule has 0 atom stereocenters. The summed E-state index contributed by atoms with van der Waals surface area (Å²) in [6.45, 7) is 0.865. The van der Waals surface area contributed by atoms with Gasteiger partial charge in [-0.2, -0.15) is 0 Å². The quantitative estimate of drug-likeness (QED) is 0.617. The molecule has 1 aromatic carbocycles. The molecule has 3 N–H and O–H groups in total. The summed E-state index contributed by atoms with van der Waals surface area (Å²) in [5.41, 5.74) is 5.82. The molecule has 0 aliphatic carbocycles. The highest BCUT2D eigenvalue weighted by molar-refractivity contribution is 9.10. The molecule has 0 amide bonds. The highest BCUT2D eigenvalue weighted by Crippen LogP contribution is 2.32. The van der Waals surface area contributed by atoms with Crippen molar-refractivity contribution in [2.75, 3.05) is 32.2 Å². The summed E-state index contributed by atoms with van der Waals surface area (Å²) in [5.74, 6) is -0.0257. The first-order valence-corrected chi connectivity index (χ1v) is 5.50. The van der Waals surface area contributed by atoms with E-state index < -0.39 is 5.82 Å². The largest absolute Gasteiger partial charge is 0.488 e. The third-order valence-corrected chi connectivity index (χ3v) is 2.34. The molecule has 16 heavy (non-hydrogen) atoms. The van der Waals surface area contributed by atoms with Crippen LogP contribution < -0.4 is 10.5 Å². The van der Waals surface area contributed by atoms with Crippen molar-refractivity contribution in [3.05, 3.63) is 22.4 Å². The average Bonchev–Trinajstić information content (AvgIpc) is 2.20. The summed E-state index contributed by atoms with van der Waals surface area (Å²) in [4.78, 5) is 0. The predicted molar refractivity (Wildman–Crippen MR) is 61.9 cm³/mol. The molecular formula is C10H13BrFNO3. The zero-order valence-electron chi connectivity index (χ0n) is 8.58. The van der Waals surface area contributed by atoms with Gasteiger partial charge in [-0.05, 0) is 22.0 Å². The Morgan fingerprint density at radius 3 is 2.69 bits per heavy atom. The summed E-state index contributed by atoms with van der Waals surface area (Å²) in [5, 5.41) is 8.47. The Morgan fingerprint density at radius 2 is 2.06 bits per heavy atom. The van der Waals surface area contributed by atoms with Gasteiger partial charge in [0.15, 0.2) is 5.75 Å². The molecule has 0 saturated heterocycles. The van der Waals surface area contributed by atoms with Crippen LogP contribution in [0.2, 0.25) is 0 Å². The van der Waals surface area contributed by atoms with Gasteiger partial charge in [0.1, 0.15) is 12.4 Å². The fourth-order valence-electron chi connectivity index (χ4n) is 1.10. The van der Waals surface area contributed by atoms with E-state index in [9.17, 15) is 4.39 Å². The van der Waals surface area contributed by atoms with Gasteiger partial charge in [0, 0.05) is 6.07 Å². The van der Waals surface area contributed by atoms with Crippen molar-refractivity contribution in [2.24, 2.45) is 0 Å². The lowest BCUT2D eigenvalue weighted by atomic mass is 10.3. The molecule has 0 radical (unpaired) electrons. The smallest absolute Gasteiger partial charge is 0.156 e. The van der Waals surface area contributed by atoms with Gasteiger partial charge in [0.05, 0.1) is 30.0 Å². The van der Waals surface area contributed by atoms with Crippen molar-refractivity contribution >= 4 is 21.6 Å². The number of aliphatic hydroxyl groups is 1. The predicted octanol–water partition coefficient (Wildman–Crippen LogP) is 1.56. The van der Waals surface area contributed by atoms with Crippen molar-refractivity contribution in [1.29, 1.82) is 0 Å². The molecule has 1 rings (SSSR count). The third kappa shape index (κ3) is 3.96. The van der Waals surface area contributed by atoms with Crippen LogP contribution in [0.25, 0.3) is 0 Å². The summed E-state index contributed by atoms with van der Waals surface area (Å²) < 4.78 is 23.7. The lowest BCUT2D eigenvalue weighted by molar-refractivity contribution is 0.0705. The minimum atomic E-state index is -0.423. The van der Waals surface area contributed by atoms with Gasteiger partial charge >= 0.3 is 0 Å². The van der Waals surface area contributed by atoms with E-state index in [1.165, 1.54) is 12.1 Å². The second-order valence-corrected chi connectivity index (χ2v) is 3.84. The van der Waals surface area contributed by atoms with Crippen molar-refractivity contribution in [3.8, 4) is 5.75 Å². The van der Waals surface area contributed by atoms with E-state index in [1.807, 2.05) is 0 Å². The Balaban J connectivity index is 2.47. The topological polar surface area (TPSA) is 64.7 Å². The molecule has 0 aliphatic heterocycles. The molecule has 4 nitrogen and oxygen atoms in total. The molecule has 6 heteroatoms. The van der Waals surface area contributed by atoms with Crippen LogP contribution in [0, 0.1) is 5.82 Å². The summed E-state index contributed by atoms with van der Waals surface area (Å²) in [6.07, 6.45) is 0. The summed E-state index contributed by atoms with van der Waals surface area (Å²) in [6, 6.07) is 2.47. The number of halogens is 2. The average molecular weight is 294 g/mol. The van der Waals surface area contributed by atoms with Gasteiger partial charge in [-0.15, -0.1) is 0 Å². The monoisotopic (exact) mass is 293 g/mol. The van der Waals surface area contributed by atoms with Crippen molar-refractivity contribution in [1.82, 2.24) is 0 Å². The van der Waals surface area contributed by atoms with Gasteiger partial charge in [0.2, 0.25) is 0 Å². The summed E-state index contributed by atoms with van der Waals surface area (Å²) in [7, 11) is 0. The van der Waals surface area contributed by atoms with E-state index in [1.54, 1.807) is 0 Å². The molecule has 0 aromatic heterocycles. The zero-order chi connectivity index (χ0) is 12.0. The van der Waals surface area contributed by atoms with Crippen molar-refractivity contribution in [2.45, 2.75) is 0 Å². The maximum Gasteiger partial charge on any atom is 0.156 e. The summed E-state index contributed by atoms with van der Waals surface area (Å²) >= 11 is 3.15. The number of hydrogen-bond donors (Lipinski definition) is 2. The number of anilines is 1. The molecule has 0 heterocycles. The Bertz CT molecular complexity index is 326. The fourth-order valence-corrected chi connectivity index (χ4v) is 1.66. The first-order chi connectivity index (χ1) is 7.65. The van der Waals surface area contributed by atoms with Crippen LogP contribution in [-0.2, 0) is 4.74 Å². The van der Waals surface area contributed by atoms with Crippen LogP contribution in [0.4, 0.5) is 10.1 Å². The molecule has 0 spiro atoms. The first-order valence-electron chi connectivity index (χ1n) is 4.71. The molecule has 90 valence electrons. The SMILES string of the molecule is Nc1cc(F)cc(Br)c1OCCOCCO. The second kappa shape index (κ2) is 6.67. The standard InChI is InChI=1S/C10H13BrFNO3/c11-8-5-7(12)6-9(13)10(8)16-4-3-15-2-1-14/h5-6,14H,1-4,13H2. The first kappa shape index (κ1) is 13.2. The van der Waals surface area contributed by atoms with E-state index in [2.05, 4.69) is 15.9 Å². The fraction of sp³-hybridized carbons (Fsp3) is 0.400. The third-order valence-electron chi connectivity index (χ3n) is 1.75. The van der Waals surface area contributed by atoms with E-state index in [-0.39, 0.29) is 25.5 Å². The van der Waals surface area contributed by atoms with Gasteiger partial charge in [0.25, 0.3) is 0 Å². The number of nitrogen functional groups attached to an aromatic ring is 1. The van der Waals surface area contributed by atoms with Crippen LogP contribution in [0.1, 0.15) is 0 Å². The molecule has 1 aromatic rings. The molecule has 0 aliphatic rings. The molecule has 0 fully saturated rings. The Hall–Kier alpha value is -0.850. The Morgan fingerprint density at radius 1 is 1.31 bits per heavy atom. The molecule has 0 bridgehead atoms. The van der Waals surface area contributed by atoms with Crippen molar-refractivity contribution < 1.29 is 19.0 Å². The maximum absolute atomic E-state index is 12.9. The van der Waals surface area contributed by atoms with Crippen LogP contribution in [0.15, 0.2) is 16.6 Å². The number of nitrogens with two attached hydrogens (primary N) is 1. The number of benzene rings is 1. The van der Waals surface area contributed by atoms with Crippen LogP contribution >= 0.6 is 15.9 Å². The maximum atomic E-state index is 12.9. The van der Waals surface area contributed by atoms with Gasteiger partial charge < -0.3 is 20.3 Å². The van der Waals surface area contributed by atoms with Crippen LogP contribution in [-0.4, -0.2) is 31.5 Å².